The van der Waals surface area contributed by atoms with Gasteiger partial charge in [-0.25, -0.2) is 15.0 Å². The summed E-state index contributed by atoms with van der Waals surface area (Å²) in [6.45, 7) is 0.373. The number of halogens is 1. The Kier molecular flexibility index (Phi) is 4.22. The summed E-state index contributed by atoms with van der Waals surface area (Å²) in [5, 5.41) is 5.02. The zero-order valence-corrected chi connectivity index (χ0v) is 15.9. The number of fused-ring (bicyclic) bond motifs is 2. The summed E-state index contributed by atoms with van der Waals surface area (Å²) in [7, 11) is 0. The van der Waals surface area contributed by atoms with Gasteiger partial charge in [-0.2, -0.15) is 0 Å². The molecule has 29 heavy (non-hydrogen) atoms. The molecule has 3 heterocycles. The highest BCUT2D eigenvalue weighted by Crippen LogP contribution is 2.23. The second-order valence-electron chi connectivity index (χ2n) is 6.49. The molecule has 0 unspecified atom stereocenters. The van der Waals surface area contributed by atoms with Crippen LogP contribution in [0.25, 0.3) is 27.6 Å². The molecule has 0 fully saturated rings. The van der Waals surface area contributed by atoms with Crippen LogP contribution >= 0.6 is 11.6 Å². The molecule has 7 nitrogen and oxygen atoms in total. The number of imidazole rings is 1. The van der Waals surface area contributed by atoms with Crippen molar-refractivity contribution in [3.8, 4) is 5.69 Å². The van der Waals surface area contributed by atoms with Crippen LogP contribution in [0.1, 0.15) is 5.69 Å². The van der Waals surface area contributed by atoms with Gasteiger partial charge in [-0.1, -0.05) is 41.9 Å². The summed E-state index contributed by atoms with van der Waals surface area (Å²) in [5.41, 5.74) is 2.68. The standard InChI is InChI=1S/C21H15ClN6O/c22-16-8-4-5-13-9-15(10-23-19-18-20(25-11-24-18)27-12-26-19)28(21(29)17(13)16)14-6-2-1-3-7-14/h1-9,11-12H,10H2,(H2,23,24,25,26,27). The number of pyridine rings is 1. The van der Waals surface area contributed by atoms with Crippen LogP contribution < -0.4 is 10.9 Å². The molecule has 0 saturated heterocycles. The maximum absolute atomic E-state index is 13.4. The number of aromatic amines is 1. The smallest absolute Gasteiger partial charge is 0.264 e. The van der Waals surface area contributed by atoms with Gasteiger partial charge in [-0.3, -0.25) is 9.36 Å². The largest absolute Gasteiger partial charge is 0.363 e. The Morgan fingerprint density at radius 2 is 1.90 bits per heavy atom. The Labute approximate surface area is 170 Å². The molecule has 5 rings (SSSR count). The van der Waals surface area contributed by atoms with E-state index in [1.807, 2.05) is 48.5 Å². The summed E-state index contributed by atoms with van der Waals surface area (Å²) >= 11 is 6.34. The van der Waals surface area contributed by atoms with Crippen LogP contribution in [0, 0.1) is 0 Å². The molecule has 5 aromatic rings. The number of benzene rings is 2. The predicted octanol–water partition coefficient (Wildman–Crippen LogP) is 3.92. The quantitative estimate of drug-likeness (QED) is 0.475. The molecule has 0 amide bonds. The van der Waals surface area contributed by atoms with E-state index in [1.54, 1.807) is 17.0 Å². The van der Waals surface area contributed by atoms with E-state index < -0.39 is 0 Å². The van der Waals surface area contributed by atoms with Crippen molar-refractivity contribution in [3.05, 3.63) is 88.3 Å². The number of rotatable bonds is 4. The van der Waals surface area contributed by atoms with Crippen molar-refractivity contribution in [1.82, 2.24) is 24.5 Å². The van der Waals surface area contributed by atoms with Gasteiger partial charge in [0.25, 0.3) is 5.56 Å². The highest BCUT2D eigenvalue weighted by atomic mass is 35.5. The van der Waals surface area contributed by atoms with Gasteiger partial charge in [-0.05, 0) is 29.7 Å². The molecule has 0 aliphatic carbocycles. The molecule has 142 valence electrons. The number of anilines is 1. The van der Waals surface area contributed by atoms with E-state index in [0.717, 1.165) is 16.8 Å². The Bertz CT molecular complexity index is 1390. The third kappa shape index (κ3) is 3.01. The highest BCUT2D eigenvalue weighted by molar-refractivity contribution is 6.35. The number of nitrogens with one attached hydrogen (secondary N) is 2. The number of H-pyrrole nitrogens is 1. The Morgan fingerprint density at radius 1 is 1.03 bits per heavy atom. The molecule has 3 aromatic heterocycles. The lowest BCUT2D eigenvalue weighted by molar-refractivity contribution is 0.891. The van der Waals surface area contributed by atoms with Gasteiger partial charge < -0.3 is 10.3 Å². The molecule has 2 N–H and O–H groups in total. The van der Waals surface area contributed by atoms with Crippen LogP contribution in [0.4, 0.5) is 5.82 Å². The summed E-state index contributed by atoms with van der Waals surface area (Å²) in [6, 6.07) is 16.9. The first kappa shape index (κ1) is 17.4. The molecule has 0 saturated carbocycles. The van der Waals surface area contributed by atoms with E-state index in [0.29, 0.717) is 33.9 Å². The first-order chi connectivity index (χ1) is 14.2. The SMILES string of the molecule is O=c1c2c(Cl)cccc2cc(CNc2ncnc3nc[nH]c23)n1-c1ccccc1. The summed E-state index contributed by atoms with van der Waals surface area (Å²) in [6.07, 6.45) is 3.03. The van der Waals surface area contributed by atoms with Crippen LogP contribution in [0.2, 0.25) is 5.02 Å². The molecule has 0 aliphatic heterocycles. The lowest BCUT2D eigenvalue weighted by Gasteiger charge is -2.16. The zero-order valence-electron chi connectivity index (χ0n) is 15.1. The maximum atomic E-state index is 13.4. The summed E-state index contributed by atoms with van der Waals surface area (Å²) in [4.78, 5) is 29.0. The van der Waals surface area contributed by atoms with Crippen molar-refractivity contribution in [2.45, 2.75) is 6.54 Å². The van der Waals surface area contributed by atoms with Gasteiger partial charge in [0.15, 0.2) is 11.5 Å². The average Bonchev–Trinajstić information content (AvgIpc) is 3.22. The van der Waals surface area contributed by atoms with Crippen molar-refractivity contribution in [1.29, 1.82) is 0 Å². The number of para-hydroxylation sites is 1. The van der Waals surface area contributed by atoms with E-state index >= 15 is 0 Å². The lowest BCUT2D eigenvalue weighted by Crippen LogP contribution is -2.24. The minimum Gasteiger partial charge on any atom is -0.363 e. The molecule has 0 spiro atoms. The first-order valence-electron chi connectivity index (χ1n) is 8.99. The predicted molar refractivity (Wildman–Crippen MR) is 114 cm³/mol. The monoisotopic (exact) mass is 402 g/mol. The van der Waals surface area contributed by atoms with Crippen molar-refractivity contribution < 1.29 is 0 Å². The Morgan fingerprint density at radius 3 is 2.76 bits per heavy atom. The fourth-order valence-electron chi connectivity index (χ4n) is 3.44. The maximum Gasteiger partial charge on any atom is 0.264 e. The van der Waals surface area contributed by atoms with Crippen molar-refractivity contribution in [2.75, 3.05) is 5.32 Å². The number of hydrogen-bond donors (Lipinski definition) is 2. The van der Waals surface area contributed by atoms with E-state index in [9.17, 15) is 4.79 Å². The zero-order chi connectivity index (χ0) is 19.8. The van der Waals surface area contributed by atoms with Crippen molar-refractivity contribution in [2.24, 2.45) is 0 Å². The van der Waals surface area contributed by atoms with Gasteiger partial charge in [0, 0.05) is 11.4 Å². The average molecular weight is 403 g/mol. The highest BCUT2D eigenvalue weighted by Gasteiger charge is 2.14. The second kappa shape index (κ2) is 7.03. The molecule has 0 bridgehead atoms. The number of aromatic nitrogens is 5. The van der Waals surface area contributed by atoms with Gasteiger partial charge in [-0.15, -0.1) is 0 Å². The fraction of sp³-hybridized carbons (Fsp3) is 0.0476. The minimum atomic E-state index is -0.162. The topological polar surface area (TPSA) is 88.5 Å². The summed E-state index contributed by atoms with van der Waals surface area (Å²) in [5.74, 6) is 0.616. The Hall–Kier alpha value is -3.71. The van der Waals surface area contributed by atoms with Gasteiger partial charge in [0.1, 0.15) is 11.8 Å². The molecule has 0 aliphatic rings. The number of hydrogen-bond acceptors (Lipinski definition) is 5. The molecule has 0 radical (unpaired) electrons. The number of nitrogens with zero attached hydrogens (tertiary/aromatic N) is 4. The van der Waals surface area contributed by atoms with Crippen LogP contribution in [0.5, 0.6) is 0 Å². The fourth-order valence-corrected chi connectivity index (χ4v) is 3.70. The van der Waals surface area contributed by atoms with Crippen LogP contribution in [-0.2, 0) is 6.54 Å². The normalized spacial score (nSPS) is 11.2. The van der Waals surface area contributed by atoms with Crippen molar-refractivity contribution in [3.63, 3.8) is 0 Å². The van der Waals surface area contributed by atoms with Crippen molar-refractivity contribution >= 4 is 39.4 Å². The third-order valence-corrected chi connectivity index (χ3v) is 5.06. The van der Waals surface area contributed by atoms with Crippen LogP contribution in [-0.4, -0.2) is 24.5 Å². The van der Waals surface area contributed by atoms with Crippen LogP contribution in [0.15, 0.2) is 72.0 Å². The van der Waals surface area contributed by atoms with Gasteiger partial charge in [0.2, 0.25) is 0 Å². The molecule has 0 atom stereocenters. The Balaban J connectivity index is 1.66. The van der Waals surface area contributed by atoms with Gasteiger partial charge in [0.05, 0.1) is 23.3 Å². The van der Waals surface area contributed by atoms with E-state index in [-0.39, 0.29) is 5.56 Å². The third-order valence-electron chi connectivity index (χ3n) is 4.75. The molecule has 2 aromatic carbocycles. The summed E-state index contributed by atoms with van der Waals surface area (Å²) < 4.78 is 1.67. The molecular weight excluding hydrogens is 388 g/mol. The lowest BCUT2D eigenvalue weighted by atomic mass is 10.1. The van der Waals surface area contributed by atoms with Crippen LogP contribution in [0.3, 0.4) is 0 Å². The molecule has 8 heteroatoms. The first-order valence-corrected chi connectivity index (χ1v) is 9.37. The second-order valence-corrected chi connectivity index (χ2v) is 6.90. The van der Waals surface area contributed by atoms with E-state index in [4.69, 9.17) is 11.6 Å². The van der Waals surface area contributed by atoms with E-state index in [2.05, 4.69) is 25.3 Å². The molecular formula is C21H15ClN6O. The van der Waals surface area contributed by atoms with Gasteiger partial charge >= 0.3 is 0 Å². The van der Waals surface area contributed by atoms with E-state index in [1.165, 1.54) is 6.33 Å². The minimum absolute atomic E-state index is 0.162.